The summed E-state index contributed by atoms with van der Waals surface area (Å²) < 4.78 is 9.76. The number of allylic oxidation sites excluding steroid dienone is 2. The van der Waals surface area contributed by atoms with E-state index in [2.05, 4.69) is 5.32 Å². The second-order valence-corrected chi connectivity index (χ2v) is 7.41. The van der Waals surface area contributed by atoms with E-state index in [1.165, 1.54) is 38.1 Å². The number of nitro benzene ring substituents is 1. The Balaban J connectivity index is 2.76. The van der Waals surface area contributed by atoms with Crippen molar-refractivity contribution in [3.63, 3.8) is 0 Å². The second kappa shape index (κ2) is 11.4. The summed E-state index contributed by atoms with van der Waals surface area (Å²) in [5.74, 6) is -5.32. The molecule has 0 aliphatic carbocycles. The molecule has 188 valence electrons. The Morgan fingerprint density at radius 3 is 2.03 bits per heavy atom. The molecule has 1 heterocycles. The minimum Gasteiger partial charge on any atom is -0.480 e. The summed E-state index contributed by atoms with van der Waals surface area (Å²) in [5.41, 5.74) is -0.736. The SMILES string of the molecule is COC(=O)C1=C(C)N(C(=O)CN[C@H](CO)C(=O)O)C(C)=C(C(=O)OC)C1c1ccccc1[N+](=O)[O-]. The molecule has 0 fully saturated rings. The summed E-state index contributed by atoms with van der Waals surface area (Å²) in [6.07, 6.45) is 0. The number of aliphatic hydroxyl groups is 1. The van der Waals surface area contributed by atoms with Gasteiger partial charge in [-0.3, -0.25) is 29.9 Å². The molecule has 0 radical (unpaired) electrons. The third kappa shape index (κ3) is 5.36. The van der Waals surface area contributed by atoms with Gasteiger partial charge in [0.1, 0.15) is 6.04 Å². The number of aliphatic hydroxyl groups excluding tert-OH is 1. The van der Waals surface area contributed by atoms with Crippen LogP contribution in [0, 0.1) is 10.1 Å². The van der Waals surface area contributed by atoms with E-state index in [0.29, 0.717) is 0 Å². The highest BCUT2D eigenvalue weighted by molar-refractivity contribution is 6.02. The predicted octanol–water partition coefficient (Wildman–Crippen LogP) is 0.450. The van der Waals surface area contributed by atoms with Crippen molar-refractivity contribution in [3.05, 3.63) is 62.5 Å². The summed E-state index contributed by atoms with van der Waals surface area (Å²) in [6, 6.07) is 4.09. The zero-order chi connectivity index (χ0) is 26.4. The molecule has 0 aromatic heterocycles. The van der Waals surface area contributed by atoms with E-state index < -0.39 is 53.8 Å². The topological polar surface area (TPSA) is 186 Å². The van der Waals surface area contributed by atoms with Crippen molar-refractivity contribution in [3.8, 4) is 0 Å². The number of ether oxygens (including phenoxy) is 2. The predicted molar refractivity (Wildman–Crippen MR) is 119 cm³/mol. The van der Waals surface area contributed by atoms with Crippen LogP contribution in [0.4, 0.5) is 5.69 Å². The van der Waals surface area contributed by atoms with Gasteiger partial charge in [-0.25, -0.2) is 9.59 Å². The van der Waals surface area contributed by atoms with Gasteiger partial charge in [0, 0.05) is 23.0 Å². The summed E-state index contributed by atoms with van der Waals surface area (Å²) in [4.78, 5) is 62.1. The van der Waals surface area contributed by atoms with Gasteiger partial charge in [-0.1, -0.05) is 18.2 Å². The fraction of sp³-hybridized carbons (Fsp3) is 0.364. The van der Waals surface area contributed by atoms with Crippen LogP contribution in [0.15, 0.2) is 46.8 Å². The number of nitrogens with zero attached hydrogens (tertiary/aromatic N) is 2. The lowest BCUT2D eigenvalue weighted by Gasteiger charge is -2.36. The summed E-state index contributed by atoms with van der Waals surface area (Å²) in [5, 5.41) is 32.4. The fourth-order valence-electron chi connectivity index (χ4n) is 3.91. The standard InChI is InChI=1S/C22H25N3O10/c1-11-17(21(30)34-3)19(13-7-5-6-8-15(13)25(32)33)18(22(31)35-4)12(2)24(11)16(27)9-23-14(10-26)20(28)29/h5-8,14,19,23,26H,9-10H2,1-4H3,(H,28,29)/t14-/m1/s1. The normalized spacial score (nSPS) is 15.1. The van der Waals surface area contributed by atoms with Crippen LogP contribution < -0.4 is 5.32 Å². The number of carboxylic acids is 1. The quantitative estimate of drug-likeness (QED) is 0.247. The Hall–Kier alpha value is -4.10. The molecule has 0 spiro atoms. The van der Waals surface area contributed by atoms with Crippen LogP contribution >= 0.6 is 0 Å². The van der Waals surface area contributed by atoms with E-state index in [1.54, 1.807) is 0 Å². The zero-order valence-electron chi connectivity index (χ0n) is 19.4. The molecule has 1 aliphatic heterocycles. The monoisotopic (exact) mass is 491 g/mol. The van der Waals surface area contributed by atoms with Crippen LogP contribution in [0.1, 0.15) is 25.3 Å². The molecule has 0 saturated carbocycles. The summed E-state index contributed by atoms with van der Waals surface area (Å²) in [6.45, 7) is 1.42. The van der Waals surface area contributed by atoms with Crippen molar-refractivity contribution < 1.29 is 43.8 Å². The Bertz CT molecular complexity index is 1080. The third-order valence-corrected chi connectivity index (χ3v) is 5.51. The van der Waals surface area contributed by atoms with Gasteiger partial charge in [0.2, 0.25) is 5.91 Å². The summed E-state index contributed by atoms with van der Waals surface area (Å²) in [7, 11) is 2.16. The first-order chi connectivity index (χ1) is 16.5. The van der Waals surface area contributed by atoms with Crippen molar-refractivity contribution in [1.29, 1.82) is 0 Å². The smallest absolute Gasteiger partial charge is 0.336 e. The van der Waals surface area contributed by atoms with Crippen LogP contribution in [0.5, 0.6) is 0 Å². The maximum Gasteiger partial charge on any atom is 0.336 e. The third-order valence-electron chi connectivity index (χ3n) is 5.51. The fourth-order valence-corrected chi connectivity index (χ4v) is 3.91. The molecule has 1 aromatic carbocycles. The maximum absolute atomic E-state index is 13.1. The Morgan fingerprint density at radius 1 is 1.09 bits per heavy atom. The van der Waals surface area contributed by atoms with Gasteiger partial charge in [0.05, 0.1) is 49.4 Å². The average molecular weight is 491 g/mol. The van der Waals surface area contributed by atoms with Crippen LogP contribution in [0.2, 0.25) is 0 Å². The molecule has 3 N–H and O–H groups in total. The zero-order valence-corrected chi connectivity index (χ0v) is 19.4. The largest absolute Gasteiger partial charge is 0.480 e. The Morgan fingerprint density at radius 2 is 1.60 bits per heavy atom. The first-order valence-electron chi connectivity index (χ1n) is 10.2. The molecular weight excluding hydrogens is 466 g/mol. The van der Waals surface area contributed by atoms with Crippen molar-refractivity contribution in [2.75, 3.05) is 27.4 Å². The molecule has 0 unspecified atom stereocenters. The van der Waals surface area contributed by atoms with Crippen molar-refractivity contribution in [1.82, 2.24) is 10.2 Å². The number of benzene rings is 1. The van der Waals surface area contributed by atoms with Crippen molar-refractivity contribution in [2.24, 2.45) is 0 Å². The lowest BCUT2D eigenvalue weighted by Crippen LogP contribution is -2.47. The maximum atomic E-state index is 13.1. The first kappa shape index (κ1) is 27.1. The van der Waals surface area contributed by atoms with E-state index in [-0.39, 0.29) is 33.8 Å². The van der Waals surface area contributed by atoms with E-state index in [9.17, 15) is 34.4 Å². The van der Waals surface area contributed by atoms with Crippen LogP contribution in [0.25, 0.3) is 0 Å². The number of nitro groups is 1. The highest BCUT2D eigenvalue weighted by Gasteiger charge is 2.44. The van der Waals surface area contributed by atoms with E-state index in [0.717, 1.165) is 19.1 Å². The molecule has 1 atom stereocenters. The van der Waals surface area contributed by atoms with E-state index >= 15 is 0 Å². The number of rotatable bonds is 9. The van der Waals surface area contributed by atoms with Crippen LogP contribution in [0.3, 0.4) is 0 Å². The van der Waals surface area contributed by atoms with E-state index in [1.807, 2.05) is 0 Å². The van der Waals surface area contributed by atoms with E-state index in [4.69, 9.17) is 14.6 Å². The van der Waals surface area contributed by atoms with Gasteiger partial charge in [-0.15, -0.1) is 0 Å². The Kier molecular flexibility index (Phi) is 8.81. The highest BCUT2D eigenvalue weighted by atomic mass is 16.6. The number of para-hydroxylation sites is 1. The molecule has 13 heteroatoms. The second-order valence-electron chi connectivity index (χ2n) is 7.41. The number of methoxy groups -OCH3 is 2. The number of hydrogen-bond donors (Lipinski definition) is 3. The molecular formula is C22H25N3O10. The minimum atomic E-state index is -1.43. The van der Waals surface area contributed by atoms with Crippen LogP contribution in [-0.4, -0.2) is 77.3 Å². The number of aliphatic carboxylic acids is 1. The van der Waals surface area contributed by atoms with Gasteiger partial charge in [-0.05, 0) is 13.8 Å². The molecule has 1 aromatic rings. The van der Waals surface area contributed by atoms with Crippen LogP contribution in [-0.2, 0) is 28.7 Å². The van der Waals surface area contributed by atoms with Gasteiger partial charge in [0.15, 0.2) is 0 Å². The highest BCUT2D eigenvalue weighted by Crippen LogP contribution is 2.45. The van der Waals surface area contributed by atoms with Gasteiger partial charge < -0.3 is 19.7 Å². The van der Waals surface area contributed by atoms with Crippen molar-refractivity contribution >= 4 is 29.5 Å². The summed E-state index contributed by atoms with van der Waals surface area (Å²) >= 11 is 0. The lowest BCUT2D eigenvalue weighted by atomic mass is 9.79. The number of carbonyl (C=O) groups is 4. The van der Waals surface area contributed by atoms with Gasteiger partial charge >= 0.3 is 17.9 Å². The molecule has 2 rings (SSSR count). The molecule has 0 bridgehead atoms. The average Bonchev–Trinajstić information content (AvgIpc) is 2.82. The molecule has 13 nitrogen and oxygen atoms in total. The lowest BCUT2D eigenvalue weighted by molar-refractivity contribution is -0.385. The molecule has 0 saturated heterocycles. The number of carbonyl (C=O) groups excluding carboxylic acids is 3. The molecule has 1 aliphatic rings. The van der Waals surface area contributed by atoms with Crippen molar-refractivity contribution in [2.45, 2.75) is 25.8 Å². The molecule has 1 amide bonds. The first-order valence-corrected chi connectivity index (χ1v) is 10.2. The number of nitrogens with one attached hydrogen (secondary N) is 1. The number of esters is 2. The van der Waals surface area contributed by atoms with Gasteiger partial charge in [0.25, 0.3) is 5.69 Å². The van der Waals surface area contributed by atoms with Gasteiger partial charge in [-0.2, -0.15) is 0 Å². The minimum absolute atomic E-state index is 0.00782. The number of hydrogen-bond acceptors (Lipinski definition) is 10. The number of carboxylic acid groups (broad SMARTS) is 1. The number of amides is 1. The Labute approximate surface area is 199 Å². The molecule has 35 heavy (non-hydrogen) atoms.